The zero-order valence-electron chi connectivity index (χ0n) is 19.0. The predicted octanol–water partition coefficient (Wildman–Crippen LogP) is 3.96. The highest BCUT2D eigenvalue weighted by Gasteiger charge is 2.49. The van der Waals surface area contributed by atoms with Gasteiger partial charge < -0.3 is 15.2 Å². The van der Waals surface area contributed by atoms with Crippen LogP contribution in [0.2, 0.25) is 0 Å². The van der Waals surface area contributed by atoms with Crippen LogP contribution in [0.5, 0.6) is 0 Å². The maximum Gasteiger partial charge on any atom is 0.293 e. The van der Waals surface area contributed by atoms with Crippen molar-refractivity contribution >= 4 is 17.4 Å². The van der Waals surface area contributed by atoms with E-state index < -0.39 is 23.7 Å². The van der Waals surface area contributed by atoms with Gasteiger partial charge in [-0.15, -0.1) is 0 Å². The van der Waals surface area contributed by atoms with E-state index in [0.717, 1.165) is 29.9 Å². The van der Waals surface area contributed by atoms with Crippen molar-refractivity contribution in [3.05, 3.63) is 64.2 Å². The Balaban J connectivity index is 1.41. The number of aromatic nitrogens is 4. The van der Waals surface area contributed by atoms with E-state index in [0.29, 0.717) is 36.2 Å². The molecule has 0 saturated heterocycles. The Bertz CT molecular complexity index is 1250. The van der Waals surface area contributed by atoms with Gasteiger partial charge >= 0.3 is 0 Å². The highest BCUT2D eigenvalue weighted by Crippen LogP contribution is 2.44. The number of Topliss-reactive ketones (excluding diaryl/α,β-unsaturated/α-hetero) is 1. The molecule has 178 valence electrons. The van der Waals surface area contributed by atoms with Crippen LogP contribution in [-0.2, 0) is 23.3 Å². The number of alkyl halides is 2. The summed E-state index contributed by atoms with van der Waals surface area (Å²) in [4.78, 5) is 26.3. The fourth-order valence-corrected chi connectivity index (χ4v) is 5.08. The van der Waals surface area contributed by atoms with E-state index in [1.165, 1.54) is 12.1 Å². The first-order valence-electron chi connectivity index (χ1n) is 11.4. The fourth-order valence-electron chi connectivity index (χ4n) is 5.08. The number of aromatic amines is 1. The molecule has 3 N–H and O–H groups in total. The molecule has 1 fully saturated rings. The number of ketones is 1. The molecular weight excluding hydrogens is 442 g/mol. The lowest BCUT2D eigenvalue weighted by Crippen LogP contribution is -2.40. The Labute approximate surface area is 195 Å². The summed E-state index contributed by atoms with van der Waals surface area (Å²) >= 11 is 0. The number of benzene rings is 1. The lowest BCUT2D eigenvalue weighted by molar-refractivity contribution is -0.118. The van der Waals surface area contributed by atoms with Crippen LogP contribution in [-0.4, -0.2) is 31.7 Å². The SMILES string of the molecule is Cc1c(C(=O)C(=O)NC2(c3cn[nH]n3)CC2)c2n(c1C(C)Nc1cccc(C(F)F)c1)CCC2. The maximum absolute atomic E-state index is 13.3. The molecule has 2 aromatic heterocycles. The molecule has 0 spiro atoms. The van der Waals surface area contributed by atoms with Gasteiger partial charge in [-0.25, -0.2) is 8.78 Å². The Morgan fingerprint density at radius 3 is 2.74 bits per heavy atom. The molecule has 1 saturated carbocycles. The van der Waals surface area contributed by atoms with Gasteiger partial charge in [-0.05, 0) is 57.2 Å². The normalized spacial score (nSPS) is 16.9. The Hall–Kier alpha value is -3.56. The van der Waals surface area contributed by atoms with E-state index in [1.807, 2.05) is 13.8 Å². The summed E-state index contributed by atoms with van der Waals surface area (Å²) in [6, 6.07) is 5.90. The fraction of sp³-hybridized carbons (Fsp3) is 0.417. The standard InChI is InChI=1S/C24H26F2N6O2/c1-13-19(21(33)23(34)29-24(8-9-24)18-12-27-31-30-18)17-7-4-10-32(17)20(13)14(2)28-16-6-3-5-15(11-16)22(25)26/h3,5-6,11-12,14,22,28H,4,7-10H2,1-2H3,(H,29,34)(H,27,30,31). The first kappa shape index (κ1) is 22.2. The van der Waals surface area contributed by atoms with Crippen LogP contribution in [0.1, 0.15) is 77.2 Å². The van der Waals surface area contributed by atoms with Crippen molar-refractivity contribution in [1.29, 1.82) is 0 Å². The molecule has 34 heavy (non-hydrogen) atoms. The molecule has 1 aromatic carbocycles. The zero-order valence-corrected chi connectivity index (χ0v) is 19.0. The third kappa shape index (κ3) is 3.76. The largest absolute Gasteiger partial charge is 0.377 e. The van der Waals surface area contributed by atoms with Crippen molar-refractivity contribution in [1.82, 2.24) is 25.3 Å². The van der Waals surface area contributed by atoms with Crippen molar-refractivity contribution in [2.45, 2.75) is 64.1 Å². The summed E-state index contributed by atoms with van der Waals surface area (Å²) in [6.45, 7) is 4.52. The third-order valence-corrected chi connectivity index (χ3v) is 6.83. The van der Waals surface area contributed by atoms with Gasteiger partial charge in [-0.3, -0.25) is 9.59 Å². The molecular formula is C24H26F2N6O2. The predicted molar refractivity (Wildman–Crippen MR) is 121 cm³/mol. The number of carbonyl (C=O) groups excluding carboxylic acids is 2. The molecule has 3 heterocycles. The minimum Gasteiger partial charge on any atom is -0.377 e. The monoisotopic (exact) mass is 468 g/mol. The molecule has 10 heteroatoms. The number of rotatable bonds is 8. The summed E-state index contributed by atoms with van der Waals surface area (Å²) < 4.78 is 28.3. The van der Waals surface area contributed by atoms with E-state index in [2.05, 4.69) is 30.6 Å². The lowest BCUT2D eigenvalue weighted by Gasteiger charge is -2.19. The number of H-pyrrole nitrogens is 1. The summed E-state index contributed by atoms with van der Waals surface area (Å²) in [5.74, 6) is -1.21. The molecule has 1 aliphatic carbocycles. The highest BCUT2D eigenvalue weighted by atomic mass is 19.3. The molecule has 8 nitrogen and oxygen atoms in total. The third-order valence-electron chi connectivity index (χ3n) is 6.83. The minimum absolute atomic E-state index is 0.0528. The minimum atomic E-state index is -2.55. The smallest absolute Gasteiger partial charge is 0.293 e. The van der Waals surface area contributed by atoms with E-state index >= 15 is 0 Å². The second-order valence-electron chi connectivity index (χ2n) is 9.10. The van der Waals surface area contributed by atoms with Crippen molar-refractivity contribution in [3.63, 3.8) is 0 Å². The number of halogens is 2. The van der Waals surface area contributed by atoms with Crippen molar-refractivity contribution in [2.24, 2.45) is 0 Å². The Morgan fingerprint density at radius 2 is 2.06 bits per heavy atom. The van der Waals surface area contributed by atoms with Crippen LogP contribution >= 0.6 is 0 Å². The molecule has 1 aliphatic heterocycles. The zero-order chi connectivity index (χ0) is 24.0. The summed E-state index contributed by atoms with van der Waals surface area (Å²) in [6.07, 6.45) is 2.00. The van der Waals surface area contributed by atoms with Gasteiger partial charge in [0.15, 0.2) is 0 Å². The number of hydrogen-bond donors (Lipinski definition) is 3. The van der Waals surface area contributed by atoms with Crippen molar-refractivity contribution in [2.75, 3.05) is 5.32 Å². The maximum atomic E-state index is 13.3. The second-order valence-corrected chi connectivity index (χ2v) is 9.10. The number of anilines is 1. The number of carbonyl (C=O) groups is 2. The van der Waals surface area contributed by atoms with Crippen molar-refractivity contribution in [3.8, 4) is 0 Å². The molecule has 2 aliphatic rings. The van der Waals surface area contributed by atoms with Crippen LogP contribution < -0.4 is 10.6 Å². The van der Waals surface area contributed by atoms with E-state index in [1.54, 1.807) is 18.3 Å². The van der Waals surface area contributed by atoms with Crippen LogP contribution in [0.25, 0.3) is 0 Å². The summed E-state index contributed by atoms with van der Waals surface area (Å²) in [5, 5.41) is 16.6. The van der Waals surface area contributed by atoms with Gasteiger partial charge in [-0.1, -0.05) is 12.1 Å². The van der Waals surface area contributed by atoms with Gasteiger partial charge in [-0.2, -0.15) is 15.4 Å². The Morgan fingerprint density at radius 1 is 1.26 bits per heavy atom. The van der Waals surface area contributed by atoms with Gasteiger partial charge in [0.1, 0.15) is 5.69 Å². The van der Waals surface area contributed by atoms with Crippen LogP contribution in [0, 0.1) is 6.92 Å². The number of hydrogen-bond acceptors (Lipinski definition) is 5. The van der Waals surface area contributed by atoms with E-state index in [4.69, 9.17) is 0 Å². The average Bonchev–Trinajstić information content (AvgIpc) is 3.16. The van der Waals surface area contributed by atoms with Crippen LogP contribution in [0.3, 0.4) is 0 Å². The number of fused-ring (bicyclic) bond motifs is 1. The molecule has 5 rings (SSSR count). The van der Waals surface area contributed by atoms with Crippen molar-refractivity contribution < 1.29 is 18.4 Å². The molecule has 1 unspecified atom stereocenters. The molecule has 3 aromatic rings. The molecule has 1 amide bonds. The lowest BCUT2D eigenvalue weighted by atomic mass is 10.00. The van der Waals surface area contributed by atoms with Crippen LogP contribution in [0.4, 0.5) is 14.5 Å². The first-order valence-corrected chi connectivity index (χ1v) is 11.4. The van der Waals surface area contributed by atoms with E-state index in [-0.39, 0.29) is 11.6 Å². The number of nitrogens with zero attached hydrogens (tertiary/aromatic N) is 3. The van der Waals surface area contributed by atoms with Gasteiger partial charge in [0.2, 0.25) is 0 Å². The van der Waals surface area contributed by atoms with Crippen LogP contribution in [0.15, 0.2) is 30.5 Å². The summed E-state index contributed by atoms with van der Waals surface area (Å²) in [5.41, 5.74) is 3.44. The number of nitrogens with one attached hydrogen (secondary N) is 3. The second kappa shape index (κ2) is 8.34. The molecule has 1 atom stereocenters. The quantitative estimate of drug-likeness (QED) is 0.343. The average molecular weight is 469 g/mol. The van der Waals surface area contributed by atoms with Gasteiger partial charge in [0.05, 0.1) is 23.3 Å². The van der Waals surface area contributed by atoms with Gasteiger partial charge in [0.25, 0.3) is 18.1 Å². The summed E-state index contributed by atoms with van der Waals surface area (Å²) in [7, 11) is 0. The van der Waals surface area contributed by atoms with Gasteiger partial charge in [0, 0.05) is 29.2 Å². The highest BCUT2D eigenvalue weighted by molar-refractivity contribution is 6.43. The molecule has 0 radical (unpaired) electrons. The molecule has 0 bridgehead atoms. The number of amides is 1. The Kier molecular flexibility index (Phi) is 5.45. The topological polar surface area (TPSA) is 105 Å². The van der Waals surface area contributed by atoms with E-state index in [9.17, 15) is 18.4 Å². The first-order chi connectivity index (χ1) is 16.3.